The maximum Gasteiger partial charge on any atom is 0.289 e. The Hall–Kier alpha value is -4.32. The number of nitrogens with one attached hydrogen (secondary N) is 4. The number of benzene rings is 1. The number of anilines is 1. The highest BCUT2D eigenvalue weighted by Gasteiger charge is 2.20. The van der Waals surface area contributed by atoms with Crippen molar-refractivity contribution in [3.8, 4) is 0 Å². The van der Waals surface area contributed by atoms with Crippen molar-refractivity contribution in [1.29, 1.82) is 0 Å². The van der Waals surface area contributed by atoms with Gasteiger partial charge >= 0.3 is 0 Å². The minimum atomic E-state index is -0.975. The van der Waals surface area contributed by atoms with Crippen LogP contribution in [-0.2, 0) is 25.7 Å². The number of piperazine rings is 1. The summed E-state index contributed by atoms with van der Waals surface area (Å²) in [5, 5.41) is 9.74. The van der Waals surface area contributed by atoms with Crippen molar-refractivity contribution in [3.05, 3.63) is 59.8 Å². The molecular formula is C33H51N7O5. The molecule has 1 fully saturated rings. The predicted molar refractivity (Wildman–Crippen MR) is 177 cm³/mol. The first-order chi connectivity index (χ1) is 21.4. The molecule has 2 heterocycles. The number of carbonyl (C=O) groups excluding carboxylic acids is 5. The number of rotatable bonds is 11. The number of pyridine rings is 1. The van der Waals surface area contributed by atoms with Crippen LogP contribution in [0.2, 0.25) is 0 Å². The van der Waals surface area contributed by atoms with Crippen LogP contribution < -0.4 is 26.2 Å². The summed E-state index contributed by atoms with van der Waals surface area (Å²) >= 11 is 0. The Morgan fingerprint density at radius 1 is 0.822 bits per heavy atom. The Bertz CT molecular complexity index is 1190. The fourth-order valence-corrected chi connectivity index (χ4v) is 3.64. The topological polar surface area (TPSA) is 153 Å². The molecule has 1 saturated heterocycles. The van der Waals surface area contributed by atoms with Crippen molar-refractivity contribution < 1.29 is 24.0 Å². The van der Waals surface area contributed by atoms with E-state index >= 15 is 0 Å². The first kappa shape index (κ1) is 38.7. The van der Waals surface area contributed by atoms with Gasteiger partial charge < -0.3 is 31.1 Å². The lowest BCUT2D eigenvalue weighted by atomic mass is 10.2. The van der Waals surface area contributed by atoms with Crippen LogP contribution in [0.4, 0.5) is 5.82 Å². The van der Waals surface area contributed by atoms with E-state index in [9.17, 15) is 24.0 Å². The number of amides is 4. The highest BCUT2D eigenvalue weighted by molar-refractivity contribution is 6.37. The highest BCUT2D eigenvalue weighted by Crippen LogP contribution is 2.13. The Kier molecular flexibility index (Phi) is 18.4. The van der Waals surface area contributed by atoms with Gasteiger partial charge in [-0.3, -0.25) is 24.0 Å². The summed E-state index contributed by atoms with van der Waals surface area (Å²) < 4.78 is 0. The van der Waals surface area contributed by atoms with Crippen LogP contribution in [0, 0.1) is 5.92 Å². The summed E-state index contributed by atoms with van der Waals surface area (Å²) in [6.45, 7) is 15.2. The van der Waals surface area contributed by atoms with E-state index in [-0.39, 0.29) is 13.1 Å². The lowest BCUT2D eigenvalue weighted by molar-refractivity contribution is -0.138. The van der Waals surface area contributed by atoms with Crippen LogP contribution >= 0.6 is 0 Å². The monoisotopic (exact) mass is 625 g/mol. The van der Waals surface area contributed by atoms with Gasteiger partial charge in [-0.05, 0) is 43.7 Å². The minimum absolute atomic E-state index is 0.121. The molecule has 0 aliphatic carbocycles. The van der Waals surface area contributed by atoms with Crippen LogP contribution in [0.5, 0.6) is 0 Å². The molecule has 12 nitrogen and oxygen atoms in total. The molecule has 1 aromatic carbocycles. The molecule has 3 rings (SSSR count). The molecule has 12 heteroatoms. The Balaban J connectivity index is 0.00000131. The third-order valence-electron chi connectivity index (χ3n) is 5.98. The molecule has 2 aromatic rings. The smallest absolute Gasteiger partial charge is 0.289 e. The normalized spacial score (nSPS) is 13.2. The Labute approximate surface area is 267 Å². The van der Waals surface area contributed by atoms with E-state index in [1.807, 2.05) is 12.1 Å². The fourth-order valence-electron chi connectivity index (χ4n) is 3.64. The van der Waals surface area contributed by atoms with Crippen LogP contribution in [-0.4, -0.2) is 91.7 Å². The first-order valence-corrected chi connectivity index (χ1v) is 15.5. The molecule has 45 heavy (non-hydrogen) atoms. The number of likely N-dealkylation sites (N-methyl/N-ethyl adjacent to an activating group) is 1. The molecule has 4 amide bonds. The molecule has 1 aliphatic rings. The van der Waals surface area contributed by atoms with E-state index < -0.39 is 42.0 Å². The average molecular weight is 626 g/mol. The zero-order valence-electron chi connectivity index (χ0n) is 27.8. The van der Waals surface area contributed by atoms with E-state index in [1.165, 1.54) is 13.3 Å². The second kappa shape index (κ2) is 21.4. The Morgan fingerprint density at radius 3 is 1.98 bits per heavy atom. The number of carbonyl (C=O) groups is 5. The number of ketones is 1. The minimum Gasteiger partial charge on any atom is -0.354 e. The summed E-state index contributed by atoms with van der Waals surface area (Å²) in [7, 11) is 2.08. The van der Waals surface area contributed by atoms with E-state index in [1.54, 1.807) is 36.5 Å². The van der Waals surface area contributed by atoms with E-state index in [2.05, 4.69) is 77.7 Å². The standard InChI is InChI=1S/C26H33N7O5.C4H10.C3H8/c1-18(31-23(35)17-30-25(37)20-6-4-3-5-7-20)24(36)29-16-21(34)26(38)28-15-19-8-9-22(27-14-19)33-12-10-32(2)11-13-33;1-4(2)3;1-3-2/h3-9,14,18H,10-13,15-17H2,1-2H3,(H,28,38)(H,29,36)(H,30,37)(H,31,35);4H,1-3H3;3H2,1-2H3/t18-;;/m0../s1. The first-order valence-electron chi connectivity index (χ1n) is 15.5. The van der Waals surface area contributed by atoms with Gasteiger partial charge in [0.1, 0.15) is 11.9 Å². The largest absolute Gasteiger partial charge is 0.354 e. The lowest BCUT2D eigenvalue weighted by Gasteiger charge is -2.33. The molecule has 1 aromatic heterocycles. The van der Waals surface area contributed by atoms with Crippen molar-refractivity contribution in [2.45, 2.75) is 60.5 Å². The lowest BCUT2D eigenvalue weighted by Crippen LogP contribution is -2.49. The predicted octanol–water partition coefficient (Wildman–Crippen LogP) is 2.15. The number of nitrogens with zero attached hydrogens (tertiary/aromatic N) is 3. The zero-order valence-corrected chi connectivity index (χ0v) is 27.8. The maximum absolute atomic E-state index is 12.2. The molecular weight excluding hydrogens is 574 g/mol. The summed E-state index contributed by atoms with van der Waals surface area (Å²) in [6.07, 6.45) is 2.91. The molecule has 1 atom stereocenters. The SMILES string of the molecule is CC(C)C.CCC.C[C@H](NC(=O)CNC(=O)c1ccccc1)C(=O)NCC(=O)C(=O)NCc1ccc(N2CCN(C)CC2)nc1. The molecule has 0 unspecified atom stereocenters. The maximum atomic E-state index is 12.2. The number of aromatic nitrogens is 1. The van der Waals surface area contributed by atoms with Crippen LogP contribution in [0.3, 0.4) is 0 Å². The number of Topliss-reactive ketones (excluding diaryl/α,β-unsaturated/α-hetero) is 1. The number of hydrogen-bond acceptors (Lipinski definition) is 8. The van der Waals surface area contributed by atoms with Crippen molar-refractivity contribution in [2.24, 2.45) is 5.92 Å². The van der Waals surface area contributed by atoms with Gasteiger partial charge in [0.2, 0.25) is 17.6 Å². The van der Waals surface area contributed by atoms with E-state index in [0.29, 0.717) is 5.56 Å². The van der Waals surface area contributed by atoms with Gasteiger partial charge in [0.05, 0.1) is 13.1 Å². The van der Waals surface area contributed by atoms with Crippen LogP contribution in [0.15, 0.2) is 48.7 Å². The van der Waals surface area contributed by atoms with Gasteiger partial charge in [0, 0.05) is 44.5 Å². The van der Waals surface area contributed by atoms with E-state index in [0.717, 1.165) is 43.5 Å². The van der Waals surface area contributed by atoms with Gasteiger partial charge in [0.15, 0.2) is 0 Å². The van der Waals surface area contributed by atoms with Crippen molar-refractivity contribution in [1.82, 2.24) is 31.2 Å². The quantitative estimate of drug-likeness (QED) is 0.277. The van der Waals surface area contributed by atoms with Gasteiger partial charge in [0.25, 0.3) is 11.8 Å². The summed E-state index contributed by atoms with van der Waals surface area (Å²) in [4.78, 5) is 69.4. The molecule has 0 saturated carbocycles. The van der Waals surface area contributed by atoms with Gasteiger partial charge in [-0.2, -0.15) is 0 Å². The second-order valence-electron chi connectivity index (χ2n) is 11.4. The van der Waals surface area contributed by atoms with Gasteiger partial charge in [-0.1, -0.05) is 65.3 Å². The van der Waals surface area contributed by atoms with Gasteiger partial charge in [-0.15, -0.1) is 0 Å². The van der Waals surface area contributed by atoms with Crippen molar-refractivity contribution in [3.63, 3.8) is 0 Å². The summed E-state index contributed by atoms with van der Waals surface area (Å²) in [6, 6.07) is 11.1. The summed E-state index contributed by atoms with van der Waals surface area (Å²) in [5.41, 5.74) is 1.14. The van der Waals surface area contributed by atoms with Crippen molar-refractivity contribution in [2.75, 3.05) is 51.2 Å². The third-order valence-corrected chi connectivity index (χ3v) is 5.98. The van der Waals surface area contributed by atoms with E-state index in [4.69, 9.17) is 0 Å². The van der Waals surface area contributed by atoms with Crippen molar-refractivity contribution >= 4 is 35.2 Å². The Morgan fingerprint density at radius 2 is 1.42 bits per heavy atom. The van der Waals surface area contributed by atoms with Crippen LogP contribution in [0.1, 0.15) is 63.9 Å². The molecule has 1 aliphatic heterocycles. The average Bonchev–Trinajstić information content (AvgIpc) is 3.02. The molecule has 0 radical (unpaired) electrons. The second-order valence-corrected chi connectivity index (χ2v) is 11.4. The molecule has 0 bridgehead atoms. The molecule has 248 valence electrons. The molecule has 4 N–H and O–H groups in total. The molecule has 0 spiro atoms. The zero-order chi connectivity index (χ0) is 33.8. The van der Waals surface area contributed by atoms with Gasteiger partial charge in [-0.25, -0.2) is 4.98 Å². The third kappa shape index (κ3) is 16.4. The number of hydrogen-bond donors (Lipinski definition) is 4. The van der Waals surface area contributed by atoms with Crippen LogP contribution in [0.25, 0.3) is 0 Å². The fraction of sp³-hybridized carbons (Fsp3) is 0.515. The highest BCUT2D eigenvalue weighted by atomic mass is 16.2. The summed E-state index contributed by atoms with van der Waals surface area (Å²) in [5.74, 6) is -1.60.